The first-order valence-electron chi connectivity index (χ1n) is 3.64. The maximum absolute atomic E-state index is 12.9. The number of nitrogens with two attached hydrogens (primary N) is 1. The third-order valence-electron chi connectivity index (χ3n) is 1.39. The van der Waals surface area contributed by atoms with Gasteiger partial charge in [0.2, 0.25) is 0 Å². The number of ether oxygens (including phenoxy) is 1. The topological polar surface area (TPSA) is 48.1 Å². The number of hydrogen-bond donors (Lipinski definition) is 1. The highest BCUT2D eigenvalue weighted by Crippen LogP contribution is 2.28. The number of hydrogen-bond acceptors (Lipinski definition) is 3. The molecule has 0 saturated carbocycles. The fraction of sp³-hybridized carbons (Fsp3) is 0.286. The van der Waals surface area contributed by atoms with Crippen molar-refractivity contribution in [3.05, 3.63) is 22.2 Å². The molecule has 8 heteroatoms. The van der Waals surface area contributed by atoms with E-state index in [1.165, 1.54) is 0 Å². The third-order valence-corrected chi connectivity index (χ3v) is 2.08. The van der Waals surface area contributed by atoms with E-state index < -0.39 is 18.1 Å². The molecule has 84 valence electrons. The maximum Gasteiger partial charge on any atom is 0.573 e. The van der Waals surface area contributed by atoms with Crippen molar-refractivity contribution < 1.29 is 22.3 Å². The summed E-state index contributed by atoms with van der Waals surface area (Å²) in [6.45, 7) is -0.0935. The fourth-order valence-electron chi connectivity index (χ4n) is 0.824. The van der Waals surface area contributed by atoms with Crippen molar-refractivity contribution in [2.45, 2.75) is 12.9 Å². The van der Waals surface area contributed by atoms with Gasteiger partial charge in [-0.1, -0.05) is 0 Å². The summed E-state index contributed by atoms with van der Waals surface area (Å²) in [6.07, 6.45) is -4.95. The largest absolute Gasteiger partial charge is 0.573 e. The van der Waals surface area contributed by atoms with Gasteiger partial charge in [0, 0.05) is 17.1 Å². The molecule has 0 spiro atoms. The van der Waals surface area contributed by atoms with Crippen molar-refractivity contribution in [2.75, 3.05) is 0 Å². The van der Waals surface area contributed by atoms with Gasteiger partial charge in [-0.3, -0.25) is 0 Å². The molecule has 1 aromatic rings. The quantitative estimate of drug-likeness (QED) is 0.671. The first kappa shape index (κ1) is 12.2. The van der Waals surface area contributed by atoms with Gasteiger partial charge in [-0.05, 0) is 15.9 Å². The molecule has 1 heterocycles. The molecule has 0 atom stereocenters. The zero-order valence-electron chi connectivity index (χ0n) is 7.11. The van der Waals surface area contributed by atoms with E-state index in [0.717, 1.165) is 6.07 Å². The van der Waals surface area contributed by atoms with Crippen LogP contribution in [0.25, 0.3) is 0 Å². The summed E-state index contributed by atoms with van der Waals surface area (Å²) in [5, 5.41) is 0. The van der Waals surface area contributed by atoms with Gasteiger partial charge < -0.3 is 10.5 Å². The fourth-order valence-corrected chi connectivity index (χ4v) is 1.28. The van der Waals surface area contributed by atoms with Crippen molar-refractivity contribution in [2.24, 2.45) is 5.73 Å². The predicted octanol–water partition coefficient (Wildman–Crippen LogP) is 2.34. The highest BCUT2D eigenvalue weighted by molar-refractivity contribution is 9.10. The normalized spacial score (nSPS) is 11.6. The van der Waals surface area contributed by atoms with Gasteiger partial charge in [0.1, 0.15) is 0 Å². The molecular formula is C7H5BrF4N2O. The van der Waals surface area contributed by atoms with E-state index in [9.17, 15) is 17.6 Å². The Morgan fingerprint density at radius 3 is 2.53 bits per heavy atom. The van der Waals surface area contributed by atoms with E-state index in [0.29, 0.717) is 0 Å². The average molecular weight is 289 g/mol. The third kappa shape index (κ3) is 3.31. The smallest absolute Gasteiger partial charge is 0.401 e. The van der Waals surface area contributed by atoms with Crippen LogP contribution in [0.3, 0.4) is 0 Å². The highest BCUT2D eigenvalue weighted by Gasteiger charge is 2.33. The molecule has 1 rings (SSSR count). The molecule has 0 aliphatic heterocycles. The lowest BCUT2D eigenvalue weighted by atomic mass is 10.3. The molecule has 0 amide bonds. The van der Waals surface area contributed by atoms with Crippen LogP contribution in [0.1, 0.15) is 5.69 Å². The minimum atomic E-state index is -4.95. The Labute approximate surface area is 90.4 Å². The Morgan fingerprint density at radius 1 is 1.47 bits per heavy atom. The lowest BCUT2D eigenvalue weighted by molar-refractivity contribution is -0.275. The second-order valence-electron chi connectivity index (χ2n) is 2.46. The second-order valence-corrected chi connectivity index (χ2v) is 3.31. The van der Waals surface area contributed by atoms with Crippen LogP contribution in [0.15, 0.2) is 10.5 Å². The van der Waals surface area contributed by atoms with Crippen LogP contribution in [0, 0.1) is 5.95 Å². The van der Waals surface area contributed by atoms with Crippen molar-refractivity contribution in [3.63, 3.8) is 0 Å². The van der Waals surface area contributed by atoms with E-state index in [1.807, 2.05) is 0 Å². The summed E-state index contributed by atoms with van der Waals surface area (Å²) in [6, 6.07) is 0.831. The molecule has 0 radical (unpaired) electrons. The van der Waals surface area contributed by atoms with Crippen molar-refractivity contribution in [1.82, 2.24) is 4.98 Å². The average Bonchev–Trinajstić information content (AvgIpc) is 2.08. The summed E-state index contributed by atoms with van der Waals surface area (Å²) < 4.78 is 51.8. The van der Waals surface area contributed by atoms with Crippen LogP contribution in [-0.2, 0) is 6.54 Å². The number of aromatic nitrogens is 1. The van der Waals surface area contributed by atoms with E-state index in [-0.39, 0.29) is 16.7 Å². The van der Waals surface area contributed by atoms with Crippen LogP contribution in [0.4, 0.5) is 17.6 Å². The minimum absolute atomic E-state index is 0.0935. The highest BCUT2D eigenvalue weighted by atomic mass is 79.9. The van der Waals surface area contributed by atoms with Gasteiger partial charge in [-0.2, -0.15) is 4.39 Å². The van der Waals surface area contributed by atoms with Gasteiger partial charge in [0.15, 0.2) is 5.75 Å². The minimum Gasteiger partial charge on any atom is -0.401 e. The molecule has 0 unspecified atom stereocenters. The SMILES string of the molecule is NCc1nc(F)c(OC(F)(F)F)cc1Br. The van der Waals surface area contributed by atoms with Gasteiger partial charge in [-0.25, -0.2) is 4.98 Å². The van der Waals surface area contributed by atoms with Crippen LogP contribution in [0.5, 0.6) is 5.75 Å². The molecule has 0 bridgehead atoms. The standard InChI is InChI=1S/C7H5BrF4N2O/c8-3-1-5(15-7(10,11)12)6(9)14-4(3)2-13/h1H,2,13H2. The van der Waals surface area contributed by atoms with Gasteiger partial charge in [0.25, 0.3) is 5.95 Å². The molecule has 0 saturated heterocycles. The molecule has 0 aliphatic rings. The molecule has 3 nitrogen and oxygen atoms in total. The van der Waals surface area contributed by atoms with Crippen molar-refractivity contribution in [3.8, 4) is 5.75 Å². The lowest BCUT2D eigenvalue weighted by Crippen LogP contribution is -2.18. The Hall–Kier alpha value is -0.890. The monoisotopic (exact) mass is 288 g/mol. The van der Waals surface area contributed by atoms with E-state index in [2.05, 4.69) is 25.7 Å². The molecule has 0 fully saturated rings. The molecule has 0 aromatic carbocycles. The predicted molar refractivity (Wildman–Crippen MR) is 46.5 cm³/mol. The maximum atomic E-state index is 12.9. The number of halogens is 5. The first-order chi connectivity index (χ1) is 6.83. The molecular weight excluding hydrogens is 284 g/mol. The second kappa shape index (κ2) is 4.31. The van der Waals surface area contributed by atoms with Crippen LogP contribution >= 0.6 is 15.9 Å². The lowest BCUT2D eigenvalue weighted by Gasteiger charge is -2.10. The number of nitrogens with zero attached hydrogens (tertiary/aromatic N) is 1. The zero-order chi connectivity index (χ0) is 11.6. The number of rotatable bonds is 2. The van der Waals surface area contributed by atoms with Crippen molar-refractivity contribution in [1.29, 1.82) is 0 Å². The van der Waals surface area contributed by atoms with E-state index in [1.54, 1.807) is 0 Å². The van der Waals surface area contributed by atoms with Crippen LogP contribution in [-0.4, -0.2) is 11.3 Å². The molecule has 1 aromatic heterocycles. The Bertz CT molecular complexity index is 369. The van der Waals surface area contributed by atoms with Gasteiger partial charge in [-0.15, -0.1) is 13.2 Å². The summed E-state index contributed by atoms with van der Waals surface area (Å²) in [7, 11) is 0. The number of alkyl halides is 3. The Balaban J connectivity index is 3.05. The Morgan fingerprint density at radius 2 is 2.07 bits per heavy atom. The Kier molecular flexibility index (Phi) is 3.50. The van der Waals surface area contributed by atoms with Crippen LogP contribution in [0.2, 0.25) is 0 Å². The van der Waals surface area contributed by atoms with Crippen molar-refractivity contribution >= 4 is 15.9 Å². The zero-order valence-corrected chi connectivity index (χ0v) is 8.69. The molecule has 0 aliphatic carbocycles. The summed E-state index contributed by atoms with van der Waals surface area (Å²) in [5.74, 6) is -2.34. The summed E-state index contributed by atoms with van der Waals surface area (Å²) in [4.78, 5) is 3.21. The summed E-state index contributed by atoms with van der Waals surface area (Å²) in [5.41, 5.74) is 5.29. The van der Waals surface area contributed by atoms with E-state index in [4.69, 9.17) is 5.73 Å². The van der Waals surface area contributed by atoms with Gasteiger partial charge >= 0.3 is 6.36 Å². The summed E-state index contributed by atoms with van der Waals surface area (Å²) >= 11 is 2.89. The van der Waals surface area contributed by atoms with E-state index >= 15 is 0 Å². The van der Waals surface area contributed by atoms with Crippen LogP contribution < -0.4 is 10.5 Å². The molecule has 15 heavy (non-hydrogen) atoms. The molecule has 2 N–H and O–H groups in total. The van der Waals surface area contributed by atoms with Gasteiger partial charge in [0.05, 0.1) is 5.69 Å². The first-order valence-corrected chi connectivity index (χ1v) is 4.43. The number of pyridine rings is 1.